The predicted molar refractivity (Wildman–Crippen MR) is 85.4 cm³/mol. The van der Waals surface area contributed by atoms with Gasteiger partial charge >= 0.3 is 0 Å². The smallest absolute Gasteiger partial charge is 0.213 e. The first kappa shape index (κ1) is 17.0. The van der Waals surface area contributed by atoms with Crippen LogP contribution in [0.1, 0.15) is 13.8 Å². The van der Waals surface area contributed by atoms with Crippen LogP contribution in [0.4, 0.5) is 0 Å². The van der Waals surface area contributed by atoms with Crippen LogP contribution in [-0.4, -0.2) is 31.6 Å². The lowest BCUT2D eigenvalue weighted by Crippen LogP contribution is -2.57. The van der Waals surface area contributed by atoms with E-state index in [1.54, 1.807) is 0 Å². The topological polar surface area (TPSA) is 20.3 Å². The molecular weight excluding hydrogens is 262 g/mol. The first-order valence-corrected chi connectivity index (χ1v) is 14.0. The van der Waals surface area contributed by atoms with Gasteiger partial charge in [-0.1, -0.05) is 58.0 Å². The molecule has 0 atom stereocenters. The van der Waals surface area contributed by atoms with Crippen LogP contribution in [0.15, 0.2) is 11.8 Å². The van der Waals surface area contributed by atoms with E-state index >= 15 is 0 Å². The Morgan fingerprint density at radius 1 is 1.12 bits per heavy atom. The third-order valence-corrected chi connectivity index (χ3v) is 10.4. The lowest BCUT2D eigenvalue weighted by Gasteiger charge is -2.46. The van der Waals surface area contributed by atoms with Crippen molar-refractivity contribution >= 4 is 33.3 Å². The molecule has 0 amide bonds. The van der Waals surface area contributed by atoms with Crippen LogP contribution in [0.5, 0.6) is 0 Å². The molecule has 0 saturated heterocycles. The average molecular weight is 290 g/mol. The van der Waals surface area contributed by atoms with Crippen LogP contribution in [-0.2, 0) is 4.79 Å². The number of carbonyl (C=O) groups is 1. The summed E-state index contributed by atoms with van der Waals surface area (Å²) in [5.41, 5.74) is 1.16. The van der Waals surface area contributed by atoms with Crippen molar-refractivity contribution in [2.45, 2.75) is 53.1 Å². The summed E-state index contributed by atoms with van der Waals surface area (Å²) in [5, 5.41) is 0.187. The summed E-state index contributed by atoms with van der Waals surface area (Å²) in [7, 11) is -2.82. The quantitative estimate of drug-likeness (QED) is 0.560. The zero-order valence-electron chi connectivity index (χ0n) is 12.5. The van der Waals surface area contributed by atoms with E-state index in [2.05, 4.69) is 50.4 Å². The third-order valence-electron chi connectivity index (χ3n) is 2.31. The Hall–Kier alpha value is -0.00623. The first-order chi connectivity index (χ1) is 7.50. The number of rotatable bonds is 5. The summed E-state index contributed by atoms with van der Waals surface area (Å²) in [4.78, 5) is 11.7. The van der Waals surface area contributed by atoms with E-state index in [9.17, 15) is 4.79 Å². The van der Waals surface area contributed by atoms with Gasteiger partial charge in [-0.2, -0.15) is 0 Å². The molecule has 0 aromatic carbocycles. The molecule has 0 aromatic rings. The first-order valence-electron chi connectivity index (χ1n) is 6.15. The van der Waals surface area contributed by atoms with Gasteiger partial charge in [-0.15, -0.1) is 0 Å². The van der Waals surface area contributed by atoms with Crippen LogP contribution in [0, 0.1) is 0 Å². The highest BCUT2D eigenvalue weighted by Crippen LogP contribution is 2.25. The van der Waals surface area contributed by atoms with Crippen molar-refractivity contribution in [2.75, 3.05) is 5.75 Å². The third kappa shape index (κ3) is 5.92. The van der Waals surface area contributed by atoms with Gasteiger partial charge in [0.05, 0.1) is 0 Å². The summed E-state index contributed by atoms with van der Waals surface area (Å²) in [6.45, 7) is 18.2. The number of hydrogen-bond donors (Lipinski definition) is 0. The molecular formula is C12H27NOSSi2. The molecule has 100 valence electrons. The van der Waals surface area contributed by atoms with Crippen molar-refractivity contribution < 1.29 is 4.79 Å². The van der Waals surface area contributed by atoms with E-state index in [1.165, 1.54) is 11.8 Å². The Labute approximate surface area is 113 Å². The number of thioether (sulfide) groups is 1. The molecule has 0 aliphatic rings. The van der Waals surface area contributed by atoms with Gasteiger partial charge in [0.1, 0.15) is 16.5 Å². The van der Waals surface area contributed by atoms with Gasteiger partial charge in [0, 0.05) is 6.08 Å². The lowest BCUT2D eigenvalue weighted by molar-refractivity contribution is -0.107. The van der Waals surface area contributed by atoms with Crippen molar-refractivity contribution in [2.24, 2.45) is 0 Å². The van der Waals surface area contributed by atoms with E-state index in [1.807, 2.05) is 13.0 Å². The fourth-order valence-corrected chi connectivity index (χ4v) is 13.3. The maximum Gasteiger partial charge on any atom is 0.213 e. The second-order valence-corrected chi connectivity index (χ2v) is 17.5. The highest BCUT2D eigenvalue weighted by molar-refractivity contribution is 8.14. The van der Waals surface area contributed by atoms with Crippen molar-refractivity contribution in [3.8, 4) is 0 Å². The number of nitrogens with zero attached hydrogens (tertiary/aromatic N) is 1. The van der Waals surface area contributed by atoms with E-state index in [0.29, 0.717) is 0 Å². The Balaban J connectivity index is 5.16. The van der Waals surface area contributed by atoms with E-state index in [4.69, 9.17) is 0 Å². The van der Waals surface area contributed by atoms with Gasteiger partial charge < -0.3 is 4.23 Å². The van der Waals surface area contributed by atoms with E-state index in [0.717, 1.165) is 11.4 Å². The Morgan fingerprint density at radius 3 is 1.82 bits per heavy atom. The monoisotopic (exact) mass is 289 g/mol. The molecule has 0 saturated carbocycles. The molecule has 0 radical (unpaired) electrons. The molecule has 0 heterocycles. The normalized spacial score (nSPS) is 13.8. The zero-order valence-corrected chi connectivity index (χ0v) is 15.4. The number of hydrogen-bond acceptors (Lipinski definition) is 3. The van der Waals surface area contributed by atoms with Gasteiger partial charge in [-0.05, 0) is 18.4 Å². The second-order valence-electron chi connectivity index (χ2n) is 6.21. The Kier molecular flexibility index (Phi) is 6.24. The maximum atomic E-state index is 11.7. The molecule has 0 aliphatic heterocycles. The number of carbonyl (C=O) groups excluding carboxylic acids is 1. The molecule has 5 heteroatoms. The minimum absolute atomic E-state index is 0.187. The highest BCUT2D eigenvalue weighted by Gasteiger charge is 2.34. The van der Waals surface area contributed by atoms with Crippen LogP contribution < -0.4 is 0 Å². The van der Waals surface area contributed by atoms with Gasteiger partial charge in [0.15, 0.2) is 0 Å². The average Bonchev–Trinajstić information content (AvgIpc) is 1.96. The number of allylic oxidation sites excluding steroid dienone is 1. The van der Waals surface area contributed by atoms with Crippen molar-refractivity contribution in [1.82, 2.24) is 4.23 Å². The molecule has 0 fully saturated rings. The molecule has 0 aliphatic carbocycles. The summed E-state index contributed by atoms with van der Waals surface area (Å²) >= 11 is 1.39. The molecule has 0 aromatic heterocycles. The molecule has 0 spiro atoms. The lowest BCUT2D eigenvalue weighted by atomic mass is 10.5. The van der Waals surface area contributed by atoms with Crippen LogP contribution in [0.25, 0.3) is 0 Å². The van der Waals surface area contributed by atoms with Crippen LogP contribution in [0.2, 0.25) is 39.3 Å². The van der Waals surface area contributed by atoms with E-state index in [-0.39, 0.29) is 5.12 Å². The van der Waals surface area contributed by atoms with Crippen molar-refractivity contribution in [3.63, 3.8) is 0 Å². The standard InChI is InChI=1S/C12H27NOSSi2/c1-9-15-12(14)10-11(2)13(16(3,4)5)17(6,7)8/h10H,9H2,1-8H3/b11-10-. The van der Waals surface area contributed by atoms with Gasteiger partial charge in [-0.25, -0.2) is 0 Å². The molecule has 0 unspecified atom stereocenters. The van der Waals surface area contributed by atoms with Gasteiger partial charge in [0.25, 0.3) is 0 Å². The van der Waals surface area contributed by atoms with Gasteiger partial charge in [-0.3, -0.25) is 4.79 Å². The highest BCUT2D eigenvalue weighted by atomic mass is 32.2. The zero-order chi connectivity index (χ0) is 13.9. The fourth-order valence-electron chi connectivity index (χ4n) is 2.48. The molecule has 0 bridgehead atoms. The van der Waals surface area contributed by atoms with Crippen LogP contribution >= 0.6 is 11.8 Å². The van der Waals surface area contributed by atoms with Crippen LogP contribution in [0.3, 0.4) is 0 Å². The molecule has 2 nitrogen and oxygen atoms in total. The molecule has 17 heavy (non-hydrogen) atoms. The predicted octanol–water partition coefficient (Wildman–Crippen LogP) is 4.14. The summed E-state index contributed by atoms with van der Waals surface area (Å²) < 4.78 is 2.58. The minimum Gasteiger partial charge on any atom is -0.428 e. The van der Waals surface area contributed by atoms with E-state index < -0.39 is 16.5 Å². The molecule has 0 rings (SSSR count). The summed E-state index contributed by atoms with van der Waals surface area (Å²) in [6, 6.07) is 0. The fraction of sp³-hybridized carbons (Fsp3) is 0.750. The maximum absolute atomic E-state index is 11.7. The van der Waals surface area contributed by atoms with Gasteiger partial charge in [0.2, 0.25) is 5.12 Å². The summed E-state index contributed by atoms with van der Waals surface area (Å²) in [6.07, 6.45) is 1.82. The Bertz CT molecular complexity index is 289. The Morgan fingerprint density at radius 2 is 1.53 bits per heavy atom. The minimum atomic E-state index is -1.41. The SMILES string of the molecule is CCSC(=O)/C=C(/C)N([Si](C)(C)C)[Si](C)(C)C. The second kappa shape index (κ2) is 6.25. The largest absolute Gasteiger partial charge is 0.428 e. The summed E-state index contributed by atoms with van der Waals surface area (Å²) in [5.74, 6) is 0.850. The molecule has 0 N–H and O–H groups in total. The van der Waals surface area contributed by atoms with Crippen molar-refractivity contribution in [1.29, 1.82) is 0 Å². The van der Waals surface area contributed by atoms with Crippen molar-refractivity contribution in [3.05, 3.63) is 11.8 Å².